The van der Waals surface area contributed by atoms with E-state index in [4.69, 9.17) is 0 Å². The fraction of sp³-hybridized carbons (Fsp3) is 0.333. The molecule has 1 aliphatic carbocycles. The predicted molar refractivity (Wildman–Crippen MR) is 41.2 cm³/mol. The van der Waals surface area contributed by atoms with Gasteiger partial charge in [0.2, 0.25) is 0 Å². The van der Waals surface area contributed by atoms with Crippen LogP contribution in [0, 0.1) is 5.92 Å². The summed E-state index contributed by atoms with van der Waals surface area (Å²) in [6, 6.07) is 0. The van der Waals surface area contributed by atoms with Crippen LogP contribution in [0.5, 0.6) is 0 Å². The van der Waals surface area contributed by atoms with Crippen molar-refractivity contribution in [3.63, 3.8) is 0 Å². The van der Waals surface area contributed by atoms with Gasteiger partial charge in [0.1, 0.15) is 0 Å². The van der Waals surface area contributed by atoms with E-state index in [9.17, 15) is 0 Å². The largest absolute Gasteiger partial charge is 0.0990 e. The molecule has 0 aliphatic heterocycles. The minimum Gasteiger partial charge on any atom is -0.0990 e. The molecule has 0 aromatic heterocycles. The topological polar surface area (TPSA) is 0 Å². The summed E-state index contributed by atoms with van der Waals surface area (Å²) >= 11 is 0. The maximum Gasteiger partial charge on any atom is 0.0160 e. The normalized spacial score (nSPS) is 17.0. The summed E-state index contributed by atoms with van der Waals surface area (Å²) in [5.41, 5.74) is 1.31. The van der Waals surface area contributed by atoms with E-state index >= 15 is 0 Å². The van der Waals surface area contributed by atoms with Crippen LogP contribution in [0.25, 0.3) is 0 Å². The number of rotatable bonds is 2. The van der Waals surface area contributed by atoms with Crippen LogP contribution in [0.15, 0.2) is 36.5 Å². The molecule has 48 valence electrons. The lowest BCUT2D eigenvalue weighted by Crippen LogP contribution is -1.90. The summed E-state index contributed by atoms with van der Waals surface area (Å²) in [5, 5.41) is 0. The van der Waals surface area contributed by atoms with Crippen molar-refractivity contribution in [3.8, 4) is 0 Å². The molecule has 0 amide bonds. The van der Waals surface area contributed by atoms with Crippen molar-refractivity contribution in [2.45, 2.75) is 13.3 Å². The van der Waals surface area contributed by atoms with E-state index in [0.29, 0.717) is 5.92 Å². The molecule has 0 aromatic carbocycles. The Morgan fingerprint density at radius 2 is 2.00 bits per heavy atom. The molecule has 1 rings (SSSR count). The minimum atomic E-state index is 0.523. The monoisotopic (exact) mass is 120 g/mol. The second kappa shape index (κ2) is 2.67. The lowest BCUT2D eigenvalue weighted by atomic mass is 10.0. The van der Waals surface area contributed by atoms with Crippen LogP contribution in [0.3, 0.4) is 0 Å². The van der Waals surface area contributed by atoms with E-state index in [2.05, 4.69) is 37.8 Å². The van der Waals surface area contributed by atoms with E-state index in [0.717, 1.165) is 6.42 Å². The first-order valence-electron chi connectivity index (χ1n) is 3.37. The molecular formula is C9H12. The smallest absolute Gasteiger partial charge is 0.0160 e. The van der Waals surface area contributed by atoms with Gasteiger partial charge < -0.3 is 0 Å². The van der Waals surface area contributed by atoms with E-state index in [1.165, 1.54) is 5.57 Å². The Balaban J connectivity index is 2.53. The van der Waals surface area contributed by atoms with Crippen LogP contribution in [0.1, 0.15) is 13.3 Å². The van der Waals surface area contributed by atoms with Crippen LogP contribution < -0.4 is 0 Å². The Hall–Kier alpha value is -0.780. The Kier molecular flexibility index (Phi) is 1.88. The first kappa shape index (κ1) is 6.34. The lowest BCUT2D eigenvalue weighted by Gasteiger charge is -2.04. The van der Waals surface area contributed by atoms with Crippen LogP contribution in [0.4, 0.5) is 0 Å². The van der Waals surface area contributed by atoms with Crippen molar-refractivity contribution in [3.05, 3.63) is 36.5 Å². The Morgan fingerprint density at radius 3 is 2.44 bits per heavy atom. The second-order valence-corrected chi connectivity index (χ2v) is 2.31. The first-order valence-corrected chi connectivity index (χ1v) is 3.37. The van der Waals surface area contributed by atoms with Crippen LogP contribution in [-0.4, -0.2) is 0 Å². The van der Waals surface area contributed by atoms with Crippen LogP contribution >= 0.6 is 0 Å². The quantitative estimate of drug-likeness (QED) is 0.491. The van der Waals surface area contributed by atoms with Gasteiger partial charge in [0.25, 0.3) is 0 Å². The van der Waals surface area contributed by atoms with Gasteiger partial charge in [0.15, 0.2) is 0 Å². The average Bonchev–Trinajstić information content (AvgIpc) is 2.37. The highest BCUT2D eigenvalue weighted by Crippen LogP contribution is 2.19. The van der Waals surface area contributed by atoms with Gasteiger partial charge in [0, 0.05) is 5.92 Å². The summed E-state index contributed by atoms with van der Waals surface area (Å²) in [4.78, 5) is 0. The molecule has 9 heavy (non-hydrogen) atoms. The molecule has 0 spiro atoms. The zero-order valence-electron chi connectivity index (χ0n) is 5.80. The maximum absolute atomic E-state index is 3.95. The van der Waals surface area contributed by atoms with Crippen LogP contribution in [-0.2, 0) is 0 Å². The van der Waals surface area contributed by atoms with Gasteiger partial charge >= 0.3 is 0 Å². The van der Waals surface area contributed by atoms with E-state index in [1.807, 2.05) is 0 Å². The zero-order valence-corrected chi connectivity index (χ0v) is 5.80. The first-order chi connectivity index (χ1) is 4.34. The third-order valence-corrected chi connectivity index (χ3v) is 1.67. The molecule has 0 bridgehead atoms. The van der Waals surface area contributed by atoms with Gasteiger partial charge in [0.05, 0.1) is 0 Å². The van der Waals surface area contributed by atoms with Crippen molar-refractivity contribution in [2.75, 3.05) is 0 Å². The molecule has 0 atom stereocenters. The standard InChI is InChI=1S/C9H12/c1-3-8(2)9-6-4-5-7-9/h4-7,9H,2-3H2,1H3. The van der Waals surface area contributed by atoms with Crippen molar-refractivity contribution in [1.29, 1.82) is 0 Å². The Labute approximate surface area is 56.6 Å². The zero-order chi connectivity index (χ0) is 6.69. The fourth-order valence-electron chi connectivity index (χ4n) is 0.940. The van der Waals surface area contributed by atoms with Crippen molar-refractivity contribution < 1.29 is 0 Å². The predicted octanol–water partition coefficient (Wildman–Crippen LogP) is 2.69. The van der Waals surface area contributed by atoms with Gasteiger partial charge in [-0.1, -0.05) is 43.4 Å². The molecule has 0 nitrogen and oxygen atoms in total. The van der Waals surface area contributed by atoms with Gasteiger partial charge in [-0.05, 0) is 6.42 Å². The molecule has 0 heteroatoms. The van der Waals surface area contributed by atoms with E-state index < -0.39 is 0 Å². The second-order valence-electron chi connectivity index (χ2n) is 2.31. The molecule has 0 unspecified atom stereocenters. The van der Waals surface area contributed by atoms with Crippen molar-refractivity contribution >= 4 is 0 Å². The molecule has 0 heterocycles. The number of hydrogen-bond donors (Lipinski definition) is 0. The van der Waals surface area contributed by atoms with E-state index in [1.54, 1.807) is 0 Å². The summed E-state index contributed by atoms with van der Waals surface area (Å²) in [5.74, 6) is 0.523. The van der Waals surface area contributed by atoms with Crippen LogP contribution in [0.2, 0.25) is 0 Å². The molecule has 0 aromatic rings. The fourth-order valence-corrected chi connectivity index (χ4v) is 0.940. The van der Waals surface area contributed by atoms with Gasteiger partial charge in [-0.25, -0.2) is 0 Å². The third-order valence-electron chi connectivity index (χ3n) is 1.67. The highest BCUT2D eigenvalue weighted by molar-refractivity contribution is 5.26. The van der Waals surface area contributed by atoms with Crippen molar-refractivity contribution in [2.24, 2.45) is 5.92 Å². The Bertz CT molecular complexity index is 149. The number of hydrogen-bond acceptors (Lipinski definition) is 0. The van der Waals surface area contributed by atoms with Crippen molar-refractivity contribution in [1.82, 2.24) is 0 Å². The highest BCUT2D eigenvalue weighted by atomic mass is 14.1. The molecular weight excluding hydrogens is 108 g/mol. The number of allylic oxidation sites excluding steroid dienone is 5. The molecule has 0 saturated carbocycles. The summed E-state index contributed by atoms with van der Waals surface area (Å²) in [6.07, 6.45) is 9.58. The highest BCUT2D eigenvalue weighted by Gasteiger charge is 2.04. The van der Waals surface area contributed by atoms with Gasteiger partial charge in [-0.3, -0.25) is 0 Å². The SMILES string of the molecule is C=C(CC)C1C=CC=C1. The summed E-state index contributed by atoms with van der Waals surface area (Å²) in [7, 11) is 0. The average molecular weight is 120 g/mol. The summed E-state index contributed by atoms with van der Waals surface area (Å²) < 4.78 is 0. The summed E-state index contributed by atoms with van der Waals surface area (Å²) in [6.45, 7) is 6.09. The molecule has 0 fully saturated rings. The maximum atomic E-state index is 3.95. The third kappa shape index (κ3) is 1.32. The molecule has 1 aliphatic rings. The molecule has 0 radical (unpaired) electrons. The van der Waals surface area contributed by atoms with Gasteiger partial charge in [-0.15, -0.1) is 0 Å². The molecule has 0 N–H and O–H groups in total. The van der Waals surface area contributed by atoms with Gasteiger partial charge in [-0.2, -0.15) is 0 Å². The Morgan fingerprint density at radius 1 is 1.44 bits per heavy atom. The molecule has 0 saturated heterocycles. The van der Waals surface area contributed by atoms with E-state index in [-0.39, 0.29) is 0 Å². The lowest BCUT2D eigenvalue weighted by molar-refractivity contribution is 0.905. The minimum absolute atomic E-state index is 0.523.